The molecule has 10 rings (SSSR count). The maximum absolute atomic E-state index is 15.6. The minimum Gasteiger partial charge on any atom is -0.479 e. The summed E-state index contributed by atoms with van der Waals surface area (Å²) in [6.07, 6.45) is -6.76. The van der Waals surface area contributed by atoms with Crippen molar-refractivity contribution < 1.29 is 91.8 Å². The minimum atomic E-state index is -2.09. The van der Waals surface area contributed by atoms with Gasteiger partial charge in [0.25, 0.3) is 11.5 Å². The van der Waals surface area contributed by atoms with Gasteiger partial charge < -0.3 is 89.3 Å². The number of carboxylic acids is 1. The number of halogens is 1. The number of amides is 3. The smallest absolute Gasteiger partial charge is 0.407 e. The molecular formula is C60H74FN9O19. The topological polar surface area (TPSA) is 374 Å². The van der Waals surface area contributed by atoms with Crippen LogP contribution >= 0.6 is 0 Å². The van der Waals surface area contributed by atoms with Crippen LogP contribution in [0.15, 0.2) is 35.1 Å². The Morgan fingerprint density at radius 3 is 2.40 bits per heavy atom. The predicted molar refractivity (Wildman–Crippen MR) is 308 cm³/mol. The maximum atomic E-state index is 15.6. The van der Waals surface area contributed by atoms with Crippen molar-refractivity contribution >= 4 is 40.7 Å². The standard InChI is InChI=1S/C60H74FN9O19/c1-4-60(81)37-25-42-48-35(27-69(42)55(76)36(37)29-86-58(60)79)47-39(12-11-33-31(2)38(61)26-40(65-48)46(33)47)66-59(80)87-28-32-10-13-43(88-57-52(74)50(72)51(73)53(89-57)56(77)78)34(24-32)54(75)64-15-14-63-45(71)30-85-44-9-7-5-6-8-41-49(44)67-68-70(41)17-19-83-21-23-84-22-20-82-18-16-62-3/h10,13,24-26,39,44,50-53,57,62,72-74,81H,4-9,11-12,14-23,27-30H2,1-3H3,(H,63,71)(H,64,75)(H,66,80)(H,77,78)/t39-,44?,50-,51-,52+,53-,57+,60-/m0/s1. The lowest BCUT2D eigenvalue weighted by Crippen LogP contribution is -2.61. The van der Waals surface area contributed by atoms with E-state index in [1.807, 2.05) is 7.05 Å². The zero-order valence-corrected chi connectivity index (χ0v) is 49.6. The number of alkyl carbamates (subject to hydrolysis) is 1. The predicted octanol–water partition coefficient (Wildman–Crippen LogP) is 1.29. The monoisotopic (exact) mass is 1240 g/mol. The summed E-state index contributed by atoms with van der Waals surface area (Å²) in [6.45, 7) is 5.95. The first-order valence-electron chi connectivity index (χ1n) is 29.9. The molecule has 5 aromatic rings. The summed E-state index contributed by atoms with van der Waals surface area (Å²) in [4.78, 5) is 85.0. The molecule has 9 N–H and O–H groups in total. The number of esters is 1. The van der Waals surface area contributed by atoms with Gasteiger partial charge in [0.2, 0.25) is 12.2 Å². The van der Waals surface area contributed by atoms with Crippen LogP contribution in [0.4, 0.5) is 9.18 Å². The average Bonchev–Trinajstić information content (AvgIpc) is 1.63. The molecule has 6 heterocycles. The van der Waals surface area contributed by atoms with Crippen LogP contribution in [0.5, 0.6) is 5.75 Å². The average molecular weight is 1240 g/mol. The first-order valence-corrected chi connectivity index (χ1v) is 29.9. The number of carbonyl (C=O) groups is 5. The van der Waals surface area contributed by atoms with E-state index in [4.69, 9.17) is 42.9 Å². The number of aliphatic hydroxyl groups is 4. The van der Waals surface area contributed by atoms with Gasteiger partial charge in [-0.1, -0.05) is 31.0 Å². The Morgan fingerprint density at radius 2 is 1.64 bits per heavy atom. The molecule has 1 fully saturated rings. The first kappa shape index (κ1) is 64.4. The quantitative estimate of drug-likeness (QED) is 0.0273. The summed E-state index contributed by atoms with van der Waals surface area (Å²) in [5.41, 5.74) is 2.24. The lowest BCUT2D eigenvalue weighted by atomic mass is 9.81. The Hall–Kier alpha value is -7.58. The summed E-state index contributed by atoms with van der Waals surface area (Å²) in [5.74, 6) is -4.62. The van der Waals surface area contributed by atoms with Gasteiger partial charge in [-0.25, -0.2) is 28.4 Å². The van der Waals surface area contributed by atoms with E-state index in [0.717, 1.165) is 37.9 Å². The van der Waals surface area contributed by atoms with Gasteiger partial charge in [-0.05, 0) is 92.9 Å². The Balaban J connectivity index is 0.789. The molecule has 0 saturated carbocycles. The second-order valence-corrected chi connectivity index (χ2v) is 22.4. The van der Waals surface area contributed by atoms with Crippen molar-refractivity contribution in [2.24, 2.45) is 0 Å². The number of nitrogens with one attached hydrogen (secondary N) is 4. The lowest BCUT2D eigenvalue weighted by Gasteiger charge is -2.38. The third-order valence-corrected chi connectivity index (χ3v) is 16.8. The number of likely N-dealkylation sites (N-methyl/N-ethyl adjacent to an activating group) is 1. The van der Waals surface area contributed by atoms with Crippen LogP contribution in [-0.4, -0.2) is 184 Å². The van der Waals surface area contributed by atoms with Crippen LogP contribution < -0.4 is 31.6 Å². The fourth-order valence-corrected chi connectivity index (χ4v) is 12.0. The van der Waals surface area contributed by atoms with Gasteiger partial charge in [0.05, 0.1) is 92.5 Å². The highest BCUT2D eigenvalue weighted by Gasteiger charge is 2.49. The molecule has 28 nitrogen and oxygen atoms in total. The highest BCUT2D eigenvalue weighted by Crippen LogP contribution is 2.46. The van der Waals surface area contributed by atoms with Gasteiger partial charge in [-0.2, -0.15) is 0 Å². The lowest BCUT2D eigenvalue weighted by molar-refractivity contribution is -0.271. The number of aryl methyl sites for hydroxylation is 1. The van der Waals surface area contributed by atoms with E-state index in [-0.39, 0.29) is 84.9 Å². The number of aliphatic carboxylic acids is 1. The molecule has 2 aromatic carbocycles. The summed E-state index contributed by atoms with van der Waals surface area (Å²) in [5, 5.41) is 73.6. The number of benzene rings is 2. The molecule has 29 heteroatoms. The Labute approximate surface area is 509 Å². The Bertz CT molecular complexity index is 3530. The van der Waals surface area contributed by atoms with Gasteiger partial charge >= 0.3 is 18.0 Å². The van der Waals surface area contributed by atoms with E-state index < -0.39 is 96.3 Å². The van der Waals surface area contributed by atoms with E-state index in [9.17, 15) is 54.3 Å². The van der Waals surface area contributed by atoms with Crippen molar-refractivity contribution in [2.75, 3.05) is 72.9 Å². The van der Waals surface area contributed by atoms with Crippen LogP contribution in [0.25, 0.3) is 22.3 Å². The molecule has 8 atom stereocenters. The van der Waals surface area contributed by atoms with Crippen molar-refractivity contribution in [3.05, 3.63) is 102 Å². The van der Waals surface area contributed by atoms with Gasteiger partial charge in [0.15, 0.2) is 11.7 Å². The normalized spacial score (nSPS) is 22.6. The number of fused-ring (bicyclic) bond motifs is 6. The van der Waals surface area contributed by atoms with Crippen molar-refractivity contribution in [3.63, 3.8) is 0 Å². The van der Waals surface area contributed by atoms with Gasteiger partial charge in [0.1, 0.15) is 61.5 Å². The van der Waals surface area contributed by atoms with Crippen molar-refractivity contribution in [1.29, 1.82) is 0 Å². The molecule has 5 aliphatic rings. The molecule has 1 saturated heterocycles. The number of carboxylic acid groups (broad SMARTS) is 1. The van der Waals surface area contributed by atoms with E-state index >= 15 is 4.39 Å². The molecular weight excluding hydrogens is 1170 g/mol. The molecule has 0 spiro atoms. The Morgan fingerprint density at radius 1 is 0.876 bits per heavy atom. The molecule has 2 aliphatic carbocycles. The third-order valence-electron chi connectivity index (χ3n) is 16.8. The van der Waals surface area contributed by atoms with Gasteiger partial charge in [-0.15, -0.1) is 5.10 Å². The third kappa shape index (κ3) is 13.8. The van der Waals surface area contributed by atoms with Crippen LogP contribution in [0, 0.1) is 12.7 Å². The number of cyclic esters (lactones) is 1. The van der Waals surface area contributed by atoms with Crippen molar-refractivity contribution in [3.8, 4) is 17.1 Å². The molecule has 3 aromatic heterocycles. The number of aliphatic hydroxyl groups excluding tert-OH is 3. The molecule has 0 bridgehead atoms. The molecule has 89 heavy (non-hydrogen) atoms. The highest BCUT2D eigenvalue weighted by molar-refractivity contribution is 5.97. The Kier molecular flexibility index (Phi) is 20.6. The van der Waals surface area contributed by atoms with E-state index in [0.29, 0.717) is 98.1 Å². The summed E-state index contributed by atoms with van der Waals surface area (Å²) in [6, 6.07) is 6.04. The van der Waals surface area contributed by atoms with E-state index in [1.165, 1.54) is 28.8 Å². The van der Waals surface area contributed by atoms with Crippen molar-refractivity contribution in [2.45, 2.75) is 140 Å². The summed E-state index contributed by atoms with van der Waals surface area (Å²) >= 11 is 0. The molecule has 0 radical (unpaired) electrons. The molecule has 3 amide bonds. The number of hydrogen-bond acceptors (Lipinski definition) is 22. The summed E-state index contributed by atoms with van der Waals surface area (Å²) < 4.78 is 63.9. The zero-order valence-electron chi connectivity index (χ0n) is 49.6. The number of nitrogens with zero attached hydrogens (tertiary/aromatic N) is 5. The second kappa shape index (κ2) is 28.5. The van der Waals surface area contributed by atoms with Crippen LogP contribution in [0.3, 0.4) is 0 Å². The number of hydrogen-bond donors (Lipinski definition) is 9. The first-order chi connectivity index (χ1) is 42.9. The second-order valence-electron chi connectivity index (χ2n) is 22.4. The maximum Gasteiger partial charge on any atom is 0.407 e. The van der Waals surface area contributed by atoms with Gasteiger partial charge in [0, 0.05) is 42.2 Å². The minimum absolute atomic E-state index is 0.00564. The molecule has 3 aliphatic heterocycles. The largest absolute Gasteiger partial charge is 0.479 e. The fraction of sp³-hybridized carbons (Fsp3) is 0.550. The van der Waals surface area contributed by atoms with E-state index in [2.05, 4.69) is 31.6 Å². The SMILES string of the molecule is CC[C@@]1(O)C(=O)OCc2c1cc1n(c2=O)Cc2c-1nc1cc(F)c(C)c3c1c2[C@@H](NC(=O)OCc1ccc(O[C@@H]2O[C@H](C(=O)O)[C@@H](O)[C@H](O)[C@H]2O)c(C(=O)NCCNC(=O)COC2CCCCCc4c2nnn4CCOCCOCCOCCNC)c1)CC3. The zero-order chi connectivity index (χ0) is 63.1. The molecule has 480 valence electrons. The number of pyridine rings is 2. The highest BCUT2D eigenvalue weighted by atomic mass is 19.1. The fourth-order valence-electron chi connectivity index (χ4n) is 12.0. The van der Waals surface area contributed by atoms with Gasteiger partial charge in [-0.3, -0.25) is 14.4 Å². The number of rotatable bonds is 26. The number of aromatic nitrogens is 5. The van der Waals surface area contributed by atoms with E-state index in [1.54, 1.807) is 24.6 Å². The summed E-state index contributed by atoms with van der Waals surface area (Å²) in [7, 11) is 1.86. The van der Waals surface area contributed by atoms with Crippen LogP contribution in [0.2, 0.25) is 0 Å². The van der Waals surface area contributed by atoms with Crippen molar-refractivity contribution in [1.82, 2.24) is 45.8 Å². The number of carbonyl (C=O) groups excluding carboxylic acids is 4. The number of ether oxygens (including phenoxy) is 8. The van der Waals surface area contributed by atoms with Crippen LogP contribution in [-0.2, 0) is 92.3 Å². The van der Waals surface area contributed by atoms with Crippen LogP contribution in [0.1, 0.15) is 118 Å². The molecule has 1 unspecified atom stereocenters.